The summed E-state index contributed by atoms with van der Waals surface area (Å²) in [5.41, 5.74) is 1.49. The molecule has 1 aromatic rings. The largest absolute Gasteiger partial charge is 0.466 e. The Morgan fingerprint density at radius 3 is 1.55 bits per heavy atom. The summed E-state index contributed by atoms with van der Waals surface area (Å²) in [6.45, 7) is 2.37. The van der Waals surface area contributed by atoms with Gasteiger partial charge in [-0.15, -0.1) is 0 Å². The van der Waals surface area contributed by atoms with E-state index >= 15 is 0 Å². The lowest BCUT2D eigenvalue weighted by atomic mass is 10.0. The molecule has 0 unspecified atom stereocenters. The summed E-state index contributed by atoms with van der Waals surface area (Å²) in [6.07, 6.45) is 21.9. The molecule has 0 amide bonds. The first-order chi connectivity index (χ1) is 14.2. The van der Waals surface area contributed by atoms with Crippen molar-refractivity contribution >= 4 is 28.6 Å². The van der Waals surface area contributed by atoms with Crippen LogP contribution in [0.3, 0.4) is 0 Å². The van der Waals surface area contributed by atoms with E-state index in [2.05, 4.69) is 46.9 Å². The van der Waals surface area contributed by atoms with E-state index in [4.69, 9.17) is 4.74 Å². The van der Waals surface area contributed by atoms with E-state index in [1.54, 1.807) is 0 Å². The highest BCUT2D eigenvalue weighted by Gasteiger charge is 2.00. The van der Waals surface area contributed by atoms with Crippen molar-refractivity contribution < 1.29 is 9.53 Å². The van der Waals surface area contributed by atoms with Gasteiger partial charge in [0.1, 0.15) is 0 Å². The predicted molar refractivity (Wildman–Crippen MR) is 133 cm³/mol. The first-order valence-electron chi connectivity index (χ1n) is 12.1. The standard InChI is InChI=1S/C26H43IO2/c1-2-29-26(28)19-17-15-13-11-9-7-5-3-4-6-8-10-12-14-16-18-24-20-22-25(27)23-21-24/h20-23H,2-19H2,1H3. The van der Waals surface area contributed by atoms with Crippen LogP contribution in [-0.4, -0.2) is 12.6 Å². The van der Waals surface area contributed by atoms with Crippen molar-refractivity contribution in [3.8, 4) is 0 Å². The Morgan fingerprint density at radius 1 is 0.690 bits per heavy atom. The highest BCUT2D eigenvalue weighted by Crippen LogP contribution is 2.15. The Morgan fingerprint density at radius 2 is 1.10 bits per heavy atom. The number of unbranched alkanes of at least 4 members (excludes halogenated alkanes) is 14. The lowest BCUT2D eigenvalue weighted by Gasteiger charge is -2.04. The van der Waals surface area contributed by atoms with E-state index < -0.39 is 0 Å². The number of ether oxygens (including phenoxy) is 1. The first-order valence-corrected chi connectivity index (χ1v) is 13.2. The molecule has 3 heteroatoms. The third-order valence-electron chi connectivity index (χ3n) is 5.56. The van der Waals surface area contributed by atoms with Crippen molar-refractivity contribution in [2.45, 2.75) is 116 Å². The SMILES string of the molecule is CCOC(=O)CCCCCCCCCCCCCCCCCc1ccc(I)cc1. The molecule has 0 aliphatic heterocycles. The van der Waals surface area contributed by atoms with Gasteiger partial charge in [0.15, 0.2) is 0 Å². The molecular formula is C26H43IO2. The summed E-state index contributed by atoms with van der Waals surface area (Å²) >= 11 is 2.37. The summed E-state index contributed by atoms with van der Waals surface area (Å²) in [5.74, 6) is -0.0329. The maximum absolute atomic E-state index is 11.2. The van der Waals surface area contributed by atoms with Gasteiger partial charge in [-0.25, -0.2) is 0 Å². The Kier molecular flexibility index (Phi) is 17.7. The van der Waals surface area contributed by atoms with Gasteiger partial charge in [0, 0.05) is 9.99 Å². The fourth-order valence-corrected chi connectivity index (χ4v) is 4.14. The minimum Gasteiger partial charge on any atom is -0.466 e. The van der Waals surface area contributed by atoms with E-state index in [0.717, 1.165) is 6.42 Å². The maximum Gasteiger partial charge on any atom is 0.305 e. The van der Waals surface area contributed by atoms with Crippen molar-refractivity contribution in [2.24, 2.45) is 0 Å². The van der Waals surface area contributed by atoms with Crippen molar-refractivity contribution in [1.82, 2.24) is 0 Å². The molecule has 166 valence electrons. The summed E-state index contributed by atoms with van der Waals surface area (Å²) in [7, 11) is 0. The first kappa shape index (κ1) is 26.5. The average molecular weight is 515 g/mol. The molecule has 0 spiro atoms. The Labute approximate surface area is 193 Å². The lowest BCUT2D eigenvalue weighted by molar-refractivity contribution is -0.143. The van der Waals surface area contributed by atoms with Crippen LogP contribution >= 0.6 is 22.6 Å². The van der Waals surface area contributed by atoms with Gasteiger partial charge in [0.25, 0.3) is 0 Å². The van der Waals surface area contributed by atoms with Crippen molar-refractivity contribution in [3.05, 3.63) is 33.4 Å². The van der Waals surface area contributed by atoms with Crippen molar-refractivity contribution in [1.29, 1.82) is 0 Å². The van der Waals surface area contributed by atoms with Gasteiger partial charge in [-0.05, 0) is 66.5 Å². The van der Waals surface area contributed by atoms with Crippen LogP contribution in [0, 0.1) is 3.57 Å². The number of hydrogen-bond acceptors (Lipinski definition) is 2. The monoisotopic (exact) mass is 514 g/mol. The number of carbonyl (C=O) groups excluding carboxylic acids is 1. The lowest BCUT2D eigenvalue weighted by Crippen LogP contribution is -2.03. The van der Waals surface area contributed by atoms with Crippen LogP contribution in [0.5, 0.6) is 0 Å². The zero-order valence-corrected chi connectivity index (χ0v) is 20.9. The smallest absolute Gasteiger partial charge is 0.305 e. The zero-order chi connectivity index (χ0) is 21.0. The number of hydrogen-bond donors (Lipinski definition) is 0. The second kappa shape index (κ2) is 19.4. The van der Waals surface area contributed by atoms with Crippen LogP contribution in [-0.2, 0) is 16.0 Å². The summed E-state index contributed by atoms with van der Waals surface area (Å²) in [4.78, 5) is 11.2. The van der Waals surface area contributed by atoms with Crippen molar-refractivity contribution in [3.63, 3.8) is 0 Å². The van der Waals surface area contributed by atoms with Crippen LogP contribution in [0.25, 0.3) is 0 Å². The van der Waals surface area contributed by atoms with Gasteiger partial charge < -0.3 is 4.74 Å². The van der Waals surface area contributed by atoms with E-state index in [-0.39, 0.29) is 5.97 Å². The Bertz CT molecular complexity index is 498. The topological polar surface area (TPSA) is 26.3 Å². The molecule has 0 bridgehead atoms. The molecule has 0 heterocycles. The van der Waals surface area contributed by atoms with Gasteiger partial charge in [-0.3, -0.25) is 4.79 Å². The van der Waals surface area contributed by atoms with Crippen LogP contribution in [0.2, 0.25) is 0 Å². The van der Waals surface area contributed by atoms with Crippen molar-refractivity contribution in [2.75, 3.05) is 6.61 Å². The highest BCUT2D eigenvalue weighted by molar-refractivity contribution is 14.1. The van der Waals surface area contributed by atoms with E-state index in [0.29, 0.717) is 13.0 Å². The molecule has 0 aliphatic carbocycles. The third-order valence-corrected chi connectivity index (χ3v) is 6.28. The molecule has 0 aromatic heterocycles. The Hall–Kier alpha value is -0.580. The molecule has 0 aliphatic rings. The molecule has 2 nitrogen and oxygen atoms in total. The number of benzene rings is 1. The fourth-order valence-electron chi connectivity index (χ4n) is 3.78. The number of carbonyl (C=O) groups is 1. The molecule has 1 aromatic carbocycles. The molecule has 0 atom stereocenters. The van der Waals surface area contributed by atoms with Gasteiger partial charge in [0.05, 0.1) is 6.61 Å². The van der Waals surface area contributed by atoms with Gasteiger partial charge in [0.2, 0.25) is 0 Å². The average Bonchev–Trinajstić information content (AvgIpc) is 2.72. The molecular weight excluding hydrogens is 471 g/mol. The highest BCUT2D eigenvalue weighted by atomic mass is 127. The fraction of sp³-hybridized carbons (Fsp3) is 0.731. The van der Waals surface area contributed by atoms with Crippen LogP contribution in [0.15, 0.2) is 24.3 Å². The van der Waals surface area contributed by atoms with Crippen LogP contribution in [0.4, 0.5) is 0 Å². The van der Waals surface area contributed by atoms with E-state index in [1.807, 2.05) is 6.92 Å². The number of aryl methyl sites for hydroxylation is 1. The minimum absolute atomic E-state index is 0.0329. The maximum atomic E-state index is 11.2. The molecule has 0 fully saturated rings. The summed E-state index contributed by atoms with van der Waals surface area (Å²) in [6, 6.07) is 8.97. The molecule has 29 heavy (non-hydrogen) atoms. The zero-order valence-electron chi connectivity index (χ0n) is 18.7. The van der Waals surface area contributed by atoms with E-state index in [1.165, 1.54) is 105 Å². The molecule has 0 saturated carbocycles. The number of rotatable bonds is 19. The van der Waals surface area contributed by atoms with Crippen LogP contribution < -0.4 is 0 Å². The number of esters is 1. The quantitative estimate of drug-likeness (QED) is 0.105. The Balaban J connectivity index is 1.73. The number of halogens is 1. The normalized spacial score (nSPS) is 11.0. The second-order valence-electron chi connectivity index (χ2n) is 8.23. The van der Waals surface area contributed by atoms with Gasteiger partial charge >= 0.3 is 5.97 Å². The molecule has 0 saturated heterocycles. The molecule has 0 radical (unpaired) electrons. The molecule has 0 N–H and O–H groups in total. The summed E-state index contributed by atoms with van der Waals surface area (Å²) in [5, 5.41) is 0. The minimum atomic E-state index is -0.0329. The molecule has 1 rings (SSSR count). The second-order valence-corrected chi connectivity index (χ2v) is 9.48. The third kappa shape index (κ3) is 16.9. The predicted octanol–water partition coefficient (Wildman–Crippen LogP) is 8.64. The van der Waals surface area contributed by atoms with E-state index in [9.17, 15) is 4.79 Å². The van der Waals surface area contributed by atoms with Crippen LogP contribution in [0.1, 0.15) is 115 Å². The van der Waals surface area contributed by atoms with Gasteiger partial charge in [-0.2, -0.15) is 0 Å². The summed E-state index contributed by atoms with van der Waals surface area (Å²) < 4.78 is 6.27. The van der Waals surface area contributed by atoms with Gasteiger partial charge in [-0.1, -0.05) is 95.6 Å².